The van der Waals surface area contributed by atoms with E-state index in [4.69, 9.17) is 19.8 Å². The molecule has 5 heteroatoms. The average Bonchev–Trinajstić information content (AvgIpc) is 2.34. The van der Waals surface area contributed by atoms with Gasteiger partial charge >= 0.3 is 0 Å². The third kappa shape index (κ3) is 1.94. The maximum Gasteiger partial charge on any atom is 0.163 e. The van der Waals surface area contributed by atoms with E-state index in [-0.39, 0.29) is 12.3 Å². The monoisotopic (exact) mass is 175 g/mol. The van der Waals surface area contributed by atoms with Gasteiger partial charge in [-0.25, -0.2) is 0 Å². The van der Waals surface area contributed by atoms with Gasteiger partial charge < -0.3 is 19.8 Å². The van der Waals surface area contributed by atoms with Crippen LogP contribution < -0.4 is 0 Å². The maximum atomic E-state index is 8.73. The van der Waals surface area contributed by atoms with Gasteiger partial charge in [0.25, 0.3) is 0 Å². The molecule has 70 valence electrons. The van der Waals surface area contributed by atoms with Crippen LogP contribution in [-0.2, 0) is 9.47 Å². The second-order valence-corrected chi connectivity index (χ2v) is 3.07. The lowest BCUT2D eigenvalue weighted by atomic mass is 10.2. The van der Waals surface area contributed by atoms with Crippen molar-refractivity contribution in [3.63, 3.8) is 0 Å². The van der Waals surface area contributed by atoms with Crippen molar-refractivity contribution in [1.82, 2.24) is 0 Å². The lowest BCUT2D eigenvalue weighted by Crippen LogP contribution is -2.29. The molecule has 1 atom stereocenters. The van der Waals surface area contributed by atoms with Crippen molar-refractivity contribution in [2.45, 2.75) is 25.7 Å². The maximum absolute atomic E-state index is 8.73. The van der Waals surface area contributed by atoms with E-state index in [1.807, 2.05) is 0 Å². The number of hydrogen-bond acceptors (Lipinski definition) is 5. The minimum absolute atomic E-state index is 0.195. The van der Waals surface area contributed by atoms with Crippen LogP contribution in [0, 0.1) is 0 Å². The fourth-order valence-electron chi connectivity index (χ4n) is 1.05. The third-order valence-electron chi connectivity index (χ3n) is 1.67. The van der Waals surface area contributed by atoms with Crippen LogP contribution in [0.5, 0.6) is 0 Å². The summed E-state index contributed by atoms with van der Waals surface area (Å²) < 4.78 is 10.5. The molecule has 0 amide bonds. The van der Waals surface area contributed by atoms with Crippen LogP contribution in [0.4, 0.5) is 0 Å². The first kappa shape index (κ1) is 9.44. The first-order valence-corrected chi connectivity index (χ1v) is 3.72. The van der Waals surface area contributed by atoms with Crippen molar-refractivity contribution >= 4 is 5.71 Å². The summed E-state index contributed by atoms with van der Waals surface area (Å²) in [6, 6.07) is 0. The van der Waals surface area contributed by atoms with Gasteiger partial charge in [0.15, 0.2) is 5.79 Å². The summed E-state index contributed by atoms with van der Waals surface area (Å²) in [6.07, 6.45) is -0.435. The Kier molecular flexibility index (Phi) is 2.66. The highest BCUT2D eigenvalue weighted by Crippen LogP contribution is 2.22. The first-order chi connectivity index (χ1) is 5.59. The Bertz CT molecular complexity index is 190. The predicted octanol–water partition coefficient (Wildman–Crippen LogP) is -0.0396. The second-order valence-electron chi connectivity index (χ2n) is 3.07. The van der Waals surface area contributed by atoms with E-state index in [0.717, 1.165) is 0 Å². The van der Waals surface area contributed by atoms with Gasteiger partial charge in [-0.1, -0.05) is 5.16 Å². The molecule has 1 fully saturated rings. The number of aliphatic hydroxyl groups excluding tert-OH is 1. The second kappa shape index (κ2) is 3.38. The summed E-state index contributed by atoms with van der Waals surface area (Å²) in [5.41, 5.74) is 0.195. The Morgan fingerprint density at radius 2 is 2.33 bits per heavy atom. The molecule has 1 rings (SSSR count). The van der Waals surface area contributed by atoms with Gasteiger partial charge in [0, 0.05) is 0 Å². The van der Waals surface area contributed by atoms with Crippen molar-refractivity contribution < 1.29 is 19.8 Å². The van der Waals surface area contributed by atoms with Crippen molar-refractivity contribution in [2.24, 2.45) is 5.16 Å². The molecular weight excluding hydrogens is 162 g/mol. The number of aliphatic hydroxyl groups is 1. The third-order valence-corrected chi connectivity index (χ3v) is 1.67. The van der Waals surface area contributed by atoms with Crippen LogP contribution >= 0.6 is 0 Å². The normalized spacial score (nSPS) is 29.2. The van der Waals surface area contributed by atoms with Gasteiger partial charge in [-0.05, 0) is 13.8 Å². The topological polar surface area (TPSA) is 71.3 Å². The zero-order chi connectivity index (χ0) is 9.19. The van der Waals surface area contributed by atoms with Gasteiger partial charge in [0.05, 0.1) is 13.2 Å². The molecule has 12 heavy (non-hydrogen) atoms. The van der Waals surface area contributed by atoms with Crippen LogP contribution in [0.25, 0.3) is 0 Å². The quantitative estimate of drug-likeness (QED) is 0.351. The number of hydrogen-bond donors (Lipinski definition) is 2. The van der Waals surface area contributed by atoms with Crippen molar-refractivity contribution in [3.05, 3.63) is 0 Å². The van der Waals surface area contributed by atoms with E-state index in [0.29, 0.717) is 6.61 Å². The Morgan fingerprint density at radius 3 is 2.67 bits per heavy atom. The summed E-state index contributed by atoms with van der Waals surface area (Å²) in [5, 5.41) is 20.1. The summed E-state index contributed by atoms with van der Waals surface area (Å²) in [4.78, 5) is 0. The Morgan fingerprint density at radius 1 is 1.67 bits per heavy atom. The zero-order valence-electron chi connectivity index (χ0n) is 7.15. The van der Waals surface area contributed by atoms with Gasteiger partial charge in [0.1, 0.15) is 11.8 Å². The number of ether oxygens (including phenoxy) is 2. The van der Waals surface area contributed by atoms with Crippen LogP contribution in [0.15, 0.2) is 5.16 Å². The molecule has 2 N–H and O–H groups in total. The molecule has 0 aromatic carbocycles. The van der Waals surface area contributed by atoms with Crippen LogP contribution in [0.3, 0.4) is 0 Å². The Labute approximate surface area is 70.6 Å². The lowest BCUT2D eigenvalue weighted by Gasteiger charge is -2.16. The summed E-state index contributed by atoms with van der Waals surface area (Å²) >= 11 is 0. The molecule has 1 heterocycles. The predicted molar refractivity (Wildman–Crippen MR) is 41.2 cm³/mol. The van der Waals surface area contributed by atoms with Crippen LogP contribution in [0.1, 0.15) is 13.8 Å². The average molecular weight is 175 g/mol. The molecule has 0 bridgehead atoms. The van der Waals surface area contributed by atoms with Crippen LogP contribution in [0.2, 0.25) is 0 Å². The summed E-state index contributed by atoms with van der Waals surface area (Å²) in [5.74, 6) is -0.657. The summed E-state index contributed by atoms with van der Waals surface area (Å²) in [6.45, 7) is 3.52. The van der Waals surface area contributed by atoms with Gasteiger partial charge in [-0.2, -0.15) is 0 Å². The Hall–Kier alpha value is -0.650. The van der Waals surface area contributed by atoms with E-state index in [2.05, 4.69) is 5.16 Å². The van der Waals surface area contributed by atoms with E-state index >= 15 is 0 Å². The molecule has 0 aromatic rings. The van der Waals surface area contributed by atoms with E-state index in [1.54, 1.807) is 13.8 Å². The zero-order valence-corrected chi connectivity index (χ0v) is 7.15. The van der Waals surface area contributed by atoms with E-state index < -0.39 is 11.9 Å². The summed E-state index contributed by atoms with van der Waals surface area (Å²) in [7, 11) is 0. The number of nitrogens with zero attached hydrogens (tertiary/aromatic N) is 1. The van der Waals surface area contributed by atoms with E-state index in [1.165, 1.54) is 0 Å². The molecule has 0 unspecified atom stereocenters. The van der Waals surface area contributed by atoms with Gasteiger partial charge in [0.2, 0.25) is 0 Å². The standard InChI is InChI=1S/C7H13NO4/c1-7(2)11-4-6(12-7)5(3-9)8-10/h6,9-10H,3-4H2,1-2H3/b8-5-/t6-/m0/s1. The highest BCUT2D eigenvalue weighted by Gasteiger charge is 2.35. The van der Waals surface area contributed by atoms with E-state index in [9.17, 15) is 0 Å². The van der Waals surface area contributed by atoms with Crippen molar-refractivity contribution in [2.75, 3.05) is 13.2 Å². The minimum Gasteiger partial charge on any atom is -0.411 e. The molecule has 0 saturated carbocycles. The number of rotatable bonds is 2. The molecule has 0 radical (unpaired) electrons. The van der Waals surface area contributed by atoms with Gasteiger partial charge in [-0.3, -0.25) is 0 Å². The number of oxime groups is 1. The lowest BCUT2D eigenvalue weighted by molar-refractivity contribution is -0.131. The Balaban J connectivity index is 2.57. The van der Waals surface area contributed by atoms with Crippen molar-refractivity contribution in [1.29, 1.82) is 0 Å². The molecule has 0 spiro atoms. The first-order valence-electron chi connectivity index (χ1n) is 3.72. The smallest absolute Gasteiger partial charge is 0.163 e. The molecule has 1 saturated heterocycles. The molecule has 5 nitrogen and oxygen atoms in total. The molecular formula is C7H13NO4. The van der Waals surface area contributed by atoms with Crippen LogP contribution in [-0.4, -0.2) is 41.1 Å². The molecule has 1 aliphatic heterocycles. The fraction of sp³-hybridized carbons (Fsp3) is 0.857. The minimum atomic E-state index is -0.657. The molecule has 0 aromatic heterocycles. The van der Waals surface area contributed by atoms with Gasteiger partial charge in [-0.15, -0.1) is 0 Å². The van der Waals surface area contributed by atoms with Crippen molar-refractivity contribution in [3.8, 4) is 0 Å². The largest absolute Gasteiger partial charge is 0.411 e. The SMILES string of the molecule is CC1(C)OC[C@@H](/C(CO)=N\O)O1. The highest BCUT2D eigenvalue weighted by molar-refractivity contribution is 5.89. The molecule has 0 aliphatic carbocycles. The highest BCUT2D eigenvalue weighted by atomic mass is 16.7. The fourth-order valence-corrected chi connectivity index (χ4v) is 1.05. The molecule has 1 aliphatic rings.